The monoisotopic (exact) mass is 281 g/mol. The second kappa shape index (κ2) is 3.35. The van der Waals surface area contributed by atoms with E-state index in [1.54, 1.807) is 29.3 Å². The predicted octanol–water partition coefficient (Wildman–Crippen LogP) is 2.01. The van der Waals surface area contributed by atoms with Gasteiger partial charge in [-0.05, 0) is 27.5 Å². The average molecular weight is 282 g/mol. The summed E-state index contributed by atoms with van der Waals surface area (Å²) >= 11 is 4.56. The first kappa shape index (κ1) is 8.93. The lowest BCUT2D eigenvalue weighted by molar-refractivity contribution is 0.946. The highest BCUT2D eigenvalue weighted by molar-refractivity contribution is 9.10. The van der Waals surface area contributed by atoms with Crippen molar-refractivity contribution in [2.24, 2.45) is 0 Å². The number of rotatable bonds is 1. The lowest BCUT2D eigenvalue weighted by Gasteiger charge is -1.91. The van der Waals surface area contributed by atoms with E-state index in [-0.39, 0.29) is 0 Å². The standard InChI is InChI=1S/C8H4BrN5S/c9-8-12-7(15-13-8)5-3-11-14-2-1-10-4-6(5)14/h1-4H. The summed E-state index contributed by atoms with van der Waals surface area (Å²) in [6.45, 7) is 0. The summed E-state index contributed by atoms with van der Waals surface area (Å²) < 4.78 is 6.43. The van der Waals surface area contributed by atoms with Gasteiger partial charge < -0.3 is 0 Å². The largest absolute Gasteiger partial charge is 0.261 e. The van der Waals surface area contributed by atoms with E-state index in [4.69, 9.17) is 0 Å². The van der Waals surface area contributed by atoms with E-state index in [1.807, 2.05) is 0 Å². The van der Waals surface area contributed by atoms with E-state index in [0.29, 0.717) is 4.73 Å². The molecule has 3 rings (SSSR count). The molecule has 0 aliphatic rings. The van der Waals surface area contributed by atoms with Crippen LogP contribution in [0.15, 0.2) is 29.5 Å². The molecule has 0 atom stereocenters. The maximum Gasteiger partial charge on any atom is 0.209 e. The molecule has 0 N–H and O–H groups in total. The molecule has 0 unspecified atom stereocenters. The van der Waals surface area contributed by atoms with Crippen LogP contribution in [0.5, 0.6) is 0 Å². The molecule has 3 aromatic heterocycles. The minimum Gasteiger partial charge on any atom is -0.261 e. The third-order valence-electron chi connectivity index (χ3n) is 1.96. The zero-order valence-electron chi connectivity index (χ0n) is 7.33. The van der Waals surface area contributed by atoms with Gasteiger partial charge in [-0.2, -0.15) is 9.47 Å². The SMILES string of the molecule is Brc1nsc(-c2cnn3ccncc23)n1. The summed E-state index contributed by atoms with van der Waals surface area (Å²) in [5.41, 5.74) is 1.88. The zero-order valence-corrected chi connectivity index (χ0v) is 9.73. The number of fused-ring (bicyclic) bond motifs is 1. The molecule has 0 fully saturated rings. The Labute approximate surface area is 97.1 Å². The topological polar surface area (TPSA) is 56.0 Å². The molecule has 0 saturated heterocycles. The molecule has 3 aromatic rings. The van der Waals surface area contributed by atoms with Gasteiger partial charge in [0.25, 0.3) is 0 Å². The van der Waals surface area contributed by atoms with Crippen molar-refractivity contribution < 1.29 is 0 Å². The van der Waals surface area contributed by atoms with Crippen molar-refractivity contribution in [2.45, 2.75) is 0 Å². The highest BCUT2D eigenvalue weighted by Gasteiger charge is 2.10. The fourth-order valence-electron chi connectivity index (χ4n) is 1.31. The summed E-state index contributed by atoms with van der Waals surface area (Å²) in [5.74, 6) is 0. The molecule has 0 aliphatic carbocycles. The molecular formula is C8H4BrN5S. The number of hydrogen-bond donors (Lipinski definition) is 0. The maximum absolute atomic E-state index is 4.25. The molecule has 3 heterocycles. The van der Waals surface area contributed by atoms with Crippen LogP contribution in [-0.4, -0.2) is 24.0 Å². The number of halogens is 1. The van der Waals surface area contributed by atoms with Gasteiger partial charge in [0, 0.05) is 12.4 Å². The highest BCUT2D eigenvalue weighted by Crippen LogP contribution is 2.26. The molecule has 74 valence electrons. The van der Waals surface area contributed by atoms with Gasteiger partial charge >= 0.3 is 0 Å². The first-order valence-corrected chi connectivity index (χ1v) is 5.68. The first-order chi connectivity index (χ1) is 7.34. The molecule has 0 amide bonds. The van der Waals surface area contributed by atoms with Crippen molar-refractivity contribution in [3.8, 4) is 10.6 Å². The third kappa shape index (κ3) is 1.44. The molecule has 5 nitrogen and oxygen atoms in total. The zero-order chi connectivity index (χ0) is 10.3. The van der Waals surface area contributed by atoms with Crippen LogP contribution >= 0.6 is 27.5 Å². The second-order valence-corrected chi connectivity index (χ2v) is 4.29. The van der Waals surface area contributed by atoms with Gasteiger partial charge in [0.15, 0.2) is 0 Å². The van der Waals surface area contributed by atoms with E-state index in [9.17, 15) is 0 Å². The lowest BCUT2D eigenvalue weighted by Crippen LogP contribution is -1.85. The molecular weight excluding hydrogens is 278 g/mol. The van der Waals surface area contributed by atoms with Crippen LogP contribution in [0.4, 0.5) is 0 Å². The molecule has 0 radical (unpaired) electrons. The normalized spacial score (nSPS) is 11.0. The van der Waals surface area contributed by atoms with Crippen molar-refractivity contribution in [1.82, 2.24) is 24.0 Å². The number of nitrogens with zero attached hydrogens (tertiary/aromatic N) is 5. The summed E-state index contributed by atoms with van der Waals surface area (Å²) in [6.07, 6.45) is 7.02. The van der Waals surface area contributed by atoms with E-state index in [1.165, 1.54) is 11.5 Å². The molecule has 0 spiro atoms. The third-order valence-corrected chi connectivity index (χ3v) is 3.29. The quantitative estimate of drug-likeness (QED) is 0.685. The minimum atomic E-state index is 0.603. The molecule has 0 aromatic carbocycles. The molecule has 7 heteroatoms. The highest BCUT2D eigenvalue weighted by atomic mass is 79.9. The Morgan fingerprint density at radius 2 is 2.27 bits per heavy atom. The van der Waals surface area contributed by atoms with E-state index in [0.717, 1.165) is 16.1 Å². The van der Waals surface area contributed by atoms with Crippen molar-refractivity contribution in [3.63, 3.8) is 0 Å². The fourth-order valence-corrected chi connectivity index (χ4v) is 2.41. The van der Waals surface area contributed by atoms with Crippen molar-refractivity contribution in [3.05, 3.63) is 29.5 Å². The van der Waals surface area contributed by atoms with Gasteiger partial charge in [0.2, 0.25) is 4.73 Å². The van der Waals surface area contributed by atoms with E-state index < -0.39 is 0 Å². The van der Waals surface area contributed by atoms with Crippen LogP contribution in [0.2, 0.25) is 0 Å². The maximum atomic E-state index is 4.25. The number of aromatic nitrogens is 5. The Balaban J connectivity index is 2.27. The number of hydrogen-bond acceptors (Lipinski definition) is 5. The average Bonchev–Trinajstić information content (AvgIpc) is 2.83. The summed E-state index contributed by atoms with van der Waals surface area (Å²) in [6, 6.07) is 0. The first-order valence-electron chi connectivity index (χ1n) is 4.11. The van der Waals surface area contributed by atoms with E-state index in [2.05, 4.69) is 35.4 Å². The Bertz CT molecular complexity index is 616. The smallest absolute Gasteiger partial charge is 0.209 e. The van der Waals surface area contributed by atoms with Gasteiger partial charge in [-0.15, -0.1) is 0 Å². The summed E-state index contributed by atoms with van der Waals surface area (Å²) in [4.78, 5) is 8.31. The van der Waals surface area contributed by atoms with Crippen molar-refractivity contribution >= 4 is 33.0 Å². The van der Waals surface area contributed by atoms with Gasteiger partial charge in [-0.25, -0.2) is 9.50 Å². The van der Waals surface area contributed by atoms with E-state index >= 15 is 0 Å². The fraction of sp³-hybridized carbons (Fsp3) is 0. The molecule has 0 bridgehead atoms. The molecule has 0 aliphatic heterocycles. The Hall–Kier alpha value is -1.34. The van der Waals surface area contributed by atoms with Gasteiger partial charge in [-0.3, -0.25) is 4.98 Å². The Morgan fingerprint density at radius 3 is 3.07 bits per heavy atom. The van der Waals surface area contributed by atoms with Crippen LogP contribution in [0, 0.1) is 0 Å². The molecule has 0 saturated carbocycles. The van der Waals surface area contributed by atoms with Gasteiger partial charge in [0.1, 0.15) is 5.01 Å². The summed E-state index contributed by atoms with van der Waals surface area (Å²) in [7, 11) is 0. The molecule has 15 heavy (non-hydrogen) atoms. The Kier molecular flexibility index (Phi) is 2.00. The van der Waals surface area contributed by atoms with Crippen LogP contribution in [0.1, 0.15) is 0 Å². The van der Waals surface area contributed by atoms with Crippen LogP contribution in [0.25, 0.3) is 16.1 Å². The van der Waals surface area contributed by atoms with Crippen LogP contribution in [-0.2, 0) is 0 Å². The minimum absolute atomic E-state index is 0.603. The predicted molar refractivity (Wildman–Crippen MR) is 59.6 cm³/mol. The van der Waals surface area contributed by atoms with Crippen LogP contribution < -0.4 is 0 Å². The Morgan fingerprint density at radius 1 is 1.33 bits per heavy atom. The van der Waals surface area contributed by atoms with Crippen molar-refractivity contribution in [1.29, 1.82) is 0 Å². The summed E-state index contributed by atoms with van der Waals surface area (Å²) in [5, 5.41) is 5.04. The van der Waals surface area contributed by atoms with Crippen molar-refractivity contribution in [2.75, 3.05) is 0 Å². The van der Waals surface area contributed by atoms with Gasteiger partial charge in [0.05, 0.1) is 23.5 Å². The second-order valence-electron chi connectivity index (χ2n) is 2.83. The van der Waals surface area contributed by atoms with Crippen LogP contribution in [0.3, 0.4) is 0 Å². The lowest BCUT2D eigenvalue weighted by atomic mass is 10.3. The van der Waals surface area contributed by atoms with Gasteiger partial charge in [-0.1, -0.05) is 0 Å².